The zero-order valence-corrected chi connectivity index (χ0v) is 15.6. The van der Waals surface area contributed by atoms with Crippen LogP contribution in [0.1, 0.15) is 39.2 Å². The Balaban J connectivity index is 2.82. The number of hydrogen-bond donors (Lipinski definition) is 0. The summed E-state index contributed by atoms with van der Waals surface area (Å²) in [6, 6.07) is 7.79. The van der Waals surface area contributed by atoms with E-state index in [0.29, 0.717) is 13.0 Å². The Bertz CT molecular complexity index is 562. The molecule has 2 nitrogen and oxygen atoms in total. The Hall–Kier alpha value is -0.820. The number of halogens is 2. The first-order valence-corrected chi connectivity index (χ1v) is 8.55. The molecule has 120 valence electrons. The van der Waals surface area contributed by atoms with Crippen LogP contribution in [0.4, 0.5) is 0 Å². The molecule has 0 saturated heterocycles. The van der Waals surface area contributed by atoms with Gasteiger partial charge in [0.1, 0.15) is 5.60 Å². The van der Waals surface area contributed by atoms with E-state index in [1.807, 2.05) is 45.0 Å². The maximum absolute atomic E-state index is 12.4. The van der Waals surface area contributed by atoms with Crippen molar-refractivity contribution in [3.8, 4) is 12.3 Å². The molecular formula is C18H22BrClO2. The summed E-state index contributed by atoms with van der Waals surface area (Å²) in [5.41, 5.74) is -0.235. The van der Waals surface area contributed by atoms with Crippen LogP contribution in [-0.4, -0.2) is 23.9 Å². The molecule has 0 aliphatic carbocycles. The molecule has 0 radical (unpaired) electrons. The number of hydrogen-bond acceptors (Lipinski definition) is 2. The van der Waals surface area contributed by atoms with E-state index in [9.17, 15) is 4.79 Å². The first kappa shape index (κ1) is 19.2. The van der Waals surface area contributed by atoms with Crippen LogP contribution >= 0.6 is 27.5 Å². The Kier molecular flexibility index (Phi) is 7.12. The number of ketones is 1. The van der Waals surface area contributed by atoms with Gasteiger partial charge in [0.25, 0.3) is 0 Å². The number of carbonyl (C=O) groups is 1. The summed E-state index contributed by atoms with van der Waals surface area (Å²) < 4.78 is 6.60. The summed E-state index contributed by atoms with van der Waals surface area (Å²) in [4.78, 5) is 12.4. The van der Waals surface area contributed by atoms with Crippen molar-refractivity contribution < 1.29 is 9.53 Å². The van der Waals surface area contributed by atoms with Gasteiger partial charge >= 0.3 is 0 Å². The summed E-state index contributed by atoms with van der Waals surface area (Å²) >= 11 is 9.27. The SMILES string of the molecule is C#CC(C)(C)OCCCC(C)(C(=O)CCl)c1cccc(Br)c1. The van der Waals surface area contributed by atoms with E-state index in [2.05, 4.69) is 21.9 Å². The lowest BCUT2D eigenvalue weighted by Gasteiger charge is -2.29. The fourth-order valence-corrected chi connectivity index (χ4v) is 2.91. The minimum atomic E-state index is -0.616. The first-order chi connectivity index (χ1) is 10.2. The highest BCUT2D eigenvalue weighted by Gasteiger charge is 2.34. The molecule has 0 aliphatic rings. The Morgan fingerprint density at radius 2 is 2.09 bits per heavy atom. The van der Waals surface area contributed by atoms with Gasteiger partial charge in [0.05, 0.1) is 11.3 Å². The van der Waals surface area contributed by atoms with Crippen LogP contribution in [0.2, 0.25) is 0 Å². The Morgan fingerprint density at radius 3 is 2.64 bits per heavy atom. The summed E-state index contributed by atoms with van der Waals surface area (Å²) in [6.07, 6.45) is 6.80. The highest BCUT2D eigenvalue weighted by molar-refractivity contribution is 9.10. The average Bonchev–Trinajstić information content (AvgIpc) is 2.50. The van der Waals surface area contributed by atoms with Gasteiger partial charge in [-0.25, -0.2) is 0 Å². The van der Waals surface area contributed by atoms with Crippen LogP contribution in [0.15, 0.2) is 28.7 Å². The number of carbonyl (C=O) groups excluding carboxylic acids is 1. The Morgan fingerprint density at radius 1 is 1.41 bits per heavy atom. The second-order valence-electron chi connectivity index (χ2n) is 6.01. The molecule has 0 saturated carbocycles. The number of rotatable bonds is 8. The van der Waals surface area contributed by atoms with Crippen LogP contribution in [0.3, 0.4) is 0 Å². The van der Waals surface area contributed by atoms with Crippen molar-refractivity contribution in [1.29, 1.82) is 0 Å². The predicted molar refractivity (Wildman–Crippen MR) is 95.3 cm³/mol. The fourth-order valence-electron chi connectivity index (χ4n) is 2.22. The molecule has 0 heterocycles. The van der Waals surface area contributed by atoms with Crippen molar-refractivity contribution in [3.63, 3.8) is 0 Å². The zero-order valence-electron chi connectivity index (χ0n) is 13.3. The molecule has 0 amide bonds. The molecule has 1 aromatic carbocycles. The summed E-state index contributed by atoms with van der Waals surface area (Å²) in [7, 11) is 0. The van der Waals surface area contributed by atoms with Crippen molar-refractivity contribution in [2.24, 2.45) is 0 Å². The lowest BCUT2D eigenvalue weighted by molar-refractivity contribution is -0.122. The van der Waals surface area contributed by atoms with Crippen LogP contribution < -0.4 is 0 Å². The molecule has 1 atom stereocenters. The van der Waals surface area contributed by atoms with Crippen molar-refractivity contribution in [2.45, 2.75) is 44.6 Å². The molecule has 22 heavy (non-hydrogen) atoms. The van der Waals surface area contributed by atoms with Gasteiger partial charge in [0, 0.05) is 11.1 Å². The van der Waals surface area contributed by atoms with Gasteiger partial charge in [-0.3, -0.25) is 4.79 Å². The average molecular weight is 386 g/mol. The highest BCUT2D eigenvalue weighted by Crippen LogP contribution is 2.32. The van der Waals surface area contributed by atoms with Gasteiger partial charge in [-0.2, -0.15) is 0 Å². The predicted octanol–water partition coefficient (Wildman–Crippen LogP) is 4.72. The summed E-state index contributed by atoms with van der Waals surface area (Å²) in [5, 5.41) is 0. The van der Waals surface area contributed by atoms with Gasteiger partial charge < -0.3 is 4.74 Å². The zero-order chi connectivity index (χ0) is 16.8. The number of ether oxygens (including phenoxy) is 1. The van der Waals surface area contributed by atoms with E-state index in [1.165, 1.54) is 0 Å². The van der Waals surface area contributed by atoms with Gasteiger partial charge in [-0.15, -0.1) is 18.0 Å². The lowest BCUT2D eigenvalue weighted by Crippen LogP contribution is -2.34. The molecule has 1 rings (SSSR count). The smallest absolute Gasteiger partial charge is 0.157 e. The Labute approximate surface area is 146 Å². The van der Waals surface area contributed by atoms with Crippen LogP contribution in [-0.2, 0) is 14.9 Å². The minimum absolute atomic E-state index is 0.000279. The molecule has 4 heteroatoms. The standard InChI is InChI=1S/C18H22BrClO2/c1-5-17(2,3)22-11-7-10-18(4,16(21)13-20)14-8-6-9-15(19)12-14/h1,6,8-9,12H,7,10-11,13H2,2-4H3. The van der Waals surface area contributed by atoms with E-state index >= 15 is 0 Å². The van der Waals surface area contributed by atoms with Crippen molar-refractivity contribution >= 4 is 33.3 Å². The maximum Gasteiger partial charge on any atom is 0.157 e. The number of Topliss-reactive ketones (excluding diaryl/α,β-unsaturated/α-hetero) is 1. The van der Waals surface area contributed by atoms with E-state index < -0.39 is 11.0 Å². The topological polar surface area (TPSA) is 26.3 Å². The molecule has 0 N–H and O–H groups in total. The molecular weight excluding hydrogens is 364 g/mol. The normalized spacial score (nSPS) is 14.2. The van der Waals surface area contributed by atoms with Gasteiger partial charge in [0.15, 0.2) is 5.78 Å². The number of alkyl halides is 1. The third-order valence-electron chi connectivity index (χ3n) is 3.83. The largest absolute Gasteiger partial charge is 0.363 e. The maximum atomic E-state index is 12.4. The van der Waals surface area contributed by atoms with Gasteiger partial charge in [-0.05, 0) is 51.3 Å². The quantitative estimate of drug-likeness (QED) is 0.367. The third kappa shape index (κ3) is 5.12. The molecule has 1 aromatic rings. The molecule has 0 aliphatic heterocycles. The molecule has 0 aromatic heterocycles. The third-order valence-corrected chi connectivity index (χ3v) is 4.57. The fraction of sp³-hybridized carbons (Fsp3) is 0.500. The van der Waals surface area contributed by atoms with Crippen LogP contribution in [0.5, 0.6) is 0 Å². The highest BCUT2D eigenvalue weighted by atomic mass is 79.9. The van der Waals surface area contributed by atoms with E-state index in [4.69, 9.17) is 22.8 Å². The van der Waals surface area contributed by atoms with Crippen molar-refractivity contribution in [3.05, 3.63) is 34.3 Å². The van der Waals surface area contributed by atoms with E-state index in [1.54, 1.807) is 0 Å². The molecule has 0 bridgehead atoms. The van der Waals surface area contributed by atoms with Crippen molar-refractivity contribution in [1.82, 2.24) is 0 Å². The van der Waals surface area contributed by atoms with Crippen LogP contribution in [0, 0.1) is 12.3 Å². The van der Waals surface area contributed by atoms with E-state index in [-0.39, 0.29) is 11.7 Å². The summed E-state index contributed by atoms with van der Waals surface area (Å²) in [5.74, 6) is 2.61. The minimum Gasteiger partial charge on any atom is -0.363 e. The van der Waals surface area contributed by atoms with Crippen molar-refractivity contribution in [2.75, 3.05) is 12.5 Å². The molecule has 0 fully saturated rings. The van der Waals surface area contributed by atoms with E-state index in [0.717, 1.165) is 16.5 Å². The monoisotopic (exact) mass is 384 g/mol. The number of terminal acetylenes is 1. The lowest BCUT2D eigenvalue weighted by atomic mass is 9.75. The molecule has 1 unspecified atom stereocenters. The van der Waals surface area contributed by atoms with Crippen LogP contribution in [0.25, 0.3) is 0 Å². The van der Waals surface area contributed by atoms with Gasteiger partial charge in [0.2, 0.25) is 0 Å². The second-order valence-corrected chi connectivity index (χ2v) is 7.19. The van der Waals surface area contributed by atoms with Gasteiger partial charge in [-0.1, -0.05) is 34.0 Å². The summed E-state index contributed by atoms with van der Waals surface area (Å²) in [6.45, 7) is 6.15. The number of benzene rings is 1. The molecule has 0 spiro atoms. The first-order valence-electron chi connectivity index (χ1n) is 7.22. The second kappa shape index (κ2) is 8.15.